The van der Waals surface area contributed by atoms with Gasteiger partial charge in [-0.1, -0.05) is 19.1 Å². The van der Waals surface area contributed by atoms with E-state index >= 15 is 0 Å². The van der Waals surface area contributed by atoms with Gasteiger partial charge in [-0.25, -0.2) is 9.97 Å². The summed E-state index contributed by atoms with van der Waals surface area (Å²) in [6.07, 6.45) is 2.20. The number of aliphatic hydroxyl groups excluding tert-OH is 1. The summed E-state index contributed by atoms with van der Waals surface area (Å²) >= 11 is 0. The largest absolute Gasteiger partial charge is 0.395 e. The molecule has 8 nitrogen and oxygen atoms in total. The van der Waals surface area contributed by atoms with Crippen LogP contribution in [0.25, 0.3) is 0 Å². The van der Waals surface area contributed by atoms with Crippen LogP contribution in [0.15, 0.2) is 30.6 Å². The van der Waals surface area contributed by atoms with E-state index < -0.39 is 4.92 Å². The number of nitro groups is 1. The van der Waals surface area contributed by atoms with E-state index in [2.05, 4.69) is 22.2 Å². The van der Waals surface area contributed by atoms with E-state index in [1.54, 1.807) is 4.90 Å². The van der Waals surface area contributed by atoms with Gasteiger partial charge >= 0.3 is 5.69 Å². The van der Waals surface area contributed by atoms with Crippen molar-refractivity contribution < 1.29 is 10.0 Å². The molecule has 1 aromatic carbocycles. The molecule has 2 N–H and O–H groups in total. The zero-order valence-electron chi connectivity index (χ0n) is 13.8. The number of aryl methyl sites for hydroxylation is 1. The molecule has 1 heterocycles. The van der Waals surface area contributed by atoms with Crippen molar-refractivity contribution in [1.29, 1.82) is 0 Å². The number of hydrogen-bond donors (Lipinski definition) is 2. The lowest BCUT2D eigenvalue weighted by Crippen LogP contribution is -2.28. The minimum absolute atomic E-state index is 0.115. The van der Waals surface area contributed by atoms with E-state index in [9.17, 15) is 10.1 Å². The SMILES string of the molecule is CCc1ccc(Nc2ncnc(N(CC)CCO)c2[N+](=O)[O-])cc1. The molecule has 8 heteroatoms. The van der Waals surface area contributed by atoms with Gasteiger partial charge in [0.2, 0.25) is 11.6 Å². The molecule has 0 spiro atoms. The van der Waals surface area contributed by atoms with Crippen molar-refractivity contribution >= 4 is 23.0 Å². The number of benzene rings is 1. The highest BCUT2D eigenvalue weighted by Gasteiger charge is 2.26. The molecule has 0 bridgehead atoms. The number of nitrogens with zero attached hydrogens (tertiary/aromatic N) is 4. The molecule has 0 amide bonds. The minimum atomic E-state index is -0.502. The Morgan fingerprint density at radius 2 is 1.96 bits per heavy atom. The molecular formula is C16H21N5O3. The second kappa shape index (κ2) is 8.21. The molecule has 0 fully saturated rings. The Morgan fingerprint density at radius 1 is 1.25 bits per heavy atom. The van der Waals surface area contributed by atoms with E-state index in [1.807, 2.05) is 31.2 Å². The van der Waals surface area contributed by atoms with E-state index in [-0.39, 0.29) is 30.5 Å². The average Bonchev–Trinajstić information content (AvgIpc) is 2.60. The zero-order chi connectivity index (χ0) is 17.5. The highest BCUT2D eigenvalue weighted by atomic mass is 16.6. The third kappa shape index (κ3) is 3.96. The van der Waals surface area contributed by atoms with Crippen molar-refractivity contribution in [3.05, 3.63) is 46.3 Å². The molecule has 24 heavy (non-hydrogen) atoms. The van der Waals surface area contributed by atoms with Crippen LogP contribution in [-0.4, -0.2) is 39.7 Å². The molecule has 0 atom stereocenters. The Morgan fingerprint density at radius 3 is 2.50 bits per heavy atom. The van der Waals surface area contributed by atoms with Gasteiger partial charge < -0.3 is 15.3 Å². The van der Waals surface area contributed by atoms with Gasteiger partial charge in [-0.05, 0) is 31.0 Å². The molecule has 2 rings (SSSR count). The van der Waals surface area contributed by atoms with Crippen LogP contribution in [0, 0.1) is 10.1 Å². The van der Waals surface area contributed by atoms with Crippen LogP contribution in [0.1, 0.15) is 19.4 Å². The summed E-state index contributed by atoms with van der Waals surface area (Å²) in [5.74, 6) is 0.324. The lowest BCUT2D eigenvalue weighted by atomic mass is 10.1. The summed E-state index contributed by atoms with van der Waals surface area (Å²) in [4.78, 5) is 20.8. The second-order valence-electron chi connectivity index (χ2n) is 5.13. The molecule has 0 radical (unpaired) electrons. The predicted octanol–water partition coefficient (Wildman–Crippen LogP) is 2.51. The smallest absolute Gasteiger partial charge is 0.353 e. The van der Waals surface area contributed by atoms with Crippen LogP contribution in [0.3, 0.4) is 0 Å². The standard InChI is InChI=1S/C16H21N5O3/c1-3-12-5-7-13(8-6-12)19-15-14(21(23)24)16(18-11-17-15)20(4-2)9-10-22/h5-8,11,22H,3-4,9-10H2,1-2H3,(H,17,18,19). The van der Waals surface area contributed by atoms with Gasteiger partial charge in [0, 0.05) is 18.8 Å². The van der Waals surface area contributed by atoms with E-state index in [1.165, 1.54) is 11.9 Å². The van der Waals surface area contributed by atoms with Gasteiger partial charge in [0.05, 0.1) is 11.5 Å². The third-order valence-corrected chi connectivity index (χ3v) is 3.66. The van der Waals surface area contributed by atoms with Crippen LogP contribution in [0.2, 0.25) is 0 Å². The third-order valence-electron chi connectivity index (χ3n) is 3.66. The molecule has 0 aliphatic carbocycles. The van der Waals surface area contributed by atoms with E-state index in [4.69, 9.17) is 5.11 Å². The summed E-state index contributed by atoms with van der Waals surface area (Å²) in [5.41, 5.74) is 1.69. The zero-order valence-corrected chi connectivity index (χ0v) is 13.8. The molecule has 0 saturated carbocycles. The first kappa shape index (κ1) is 17.6. The van der Waals surface area contributed by atoms with Crippen molar-refractivity contribution in [3.8, 4) is 0 Å². The van der Waals surface area contributed by atoms with Gasteiger partial charge in [0.25, 0.3) is 0 Å². The fourth-order valence-electron chi connectivity index (χ4n) is 2.36. The number of anilines is 3. The molecule has 0 saturated heterocycles. The number of aromatic nitrogens is 2. The Labute approximate surface area is 140 Å². The highest BCUT2D eigenvalue weighted by molar-refractivity contribution is 5.74. The Kier molecular flexibility index (Phi) is 6.02. The van der Waals surface area contributed by atoms with Crippen molar-refractivity contribution in [1.82, 2.24) is 9.97 Å². The molecule has 1 aromatic heterocycles. The first-order chi connectivity index (χ1) is 11.6. The molecule has 0 unspecified atom stereocenters. The van der Waals surface area contributed by atoms with Crippen molar-refractivity contribution in [2.75, 3.05) is 29.9 Å². The highest BCUT2D eigenvalue weighted by Crippen LogP contribution is 2.33. The maximum atomic E-state index is 11.6. The molecule has 128 valence electrons. The maximum absolute atomic E-state index is 11.6. The summed E-state index contributed by atoms with van der Waals surface area (Å²) in [5, 5.41) is 23.7. The maximum Gasteiger partial charge on any atom is 0.353 e. The number of hydrogen-bond acceptors (Lipinski definition) is 7. The summed E-state index contributed by atoms with van der Waals surface area (Å²) in [6.45, 7) is 4.54. The van der Waals surface area contributed by atoms with Gasteiger partial charge in [0.1, 0.15) is 6.33 Å². The van der Waals surface area contributed by atoms with Crippen molar-refractivity contribution in [2.45, 2.75) is 20.3 Å². The van der Waals surface area contributed by atoms with Crippen LogP contribution in [-0.2, 0) is 6.42 Å². The topological polar surface area (TPSA) is 104 Å². The normalized spacial score (nSPS) is 10.5. The first-order valence-electron chi connectivity index (χ1n) is 7.81. The molecule has 2 aromatic rings. The van der Waals surface area contributed by atoms with Gasteiger partial charge in [0.15, 0.2) is 0 Å². The van der Waals surface area contributed by atoms with Crippen molar-refractivity contribution in [3.63, 3.8) is 0 Å². The summed E-state index contributed by atoms with van der Waals surface area (Å²) in [6, 6.07) is 7.63. The monoisotopic (exact) mass is 331 g/mol. The number of likely N-dealkylation sites (N-methyl/N-ethyl adjacent to an activating group) is 1. The Balaban J connectivity index is 2.39. The Hall–Kier alpha value is -2.74. The summed E-state index contributed by atoms with van der Waals surface area (Å²) in [7, 11) is 0. The number of nitrogens with one attached hydrogen (secondary N) is 1. The van der Waals surface area contributed by atoms with Crippen LogP contribution in [0.5, 0.6) is 0 Å². The second-order valence-corrected chi connectivity index (χ2v) is 5.13. The van der Waals surface area contributed by atoms with Crippen molar-refractivity contribution in [2.24, 2.45) is 0 Å². The van der Waals surface area contributed by atoms with E-state index in [0.717, 1.165) is 6.42 Å². The fourth-order valence-corrected chi connectivity index (χ4v) is 2.36. The van der Waals surface area contributed by atoms with Gasteiger partial charge in [-0.3, -0.25) is 10.1 Å². The number of rotatable bonds is 8. The lowest BCUT2D eigenvalue weighted by molar-refractivity contribution is -0.383. The van der Waals surface area contributed by atoms with Crippen LogP contribution in [0.4, 0.5) is 23.0 Å². The molecule has 0 aliphatic heterocycles. The molecular weight excluding hydrogens is 310 g/mol. The van der Waals surface area contributed by atoms with Gasteiger partial charge in [-0.2, -0.15) is 0 Å². The molecule has 0 aliphatic rings. The minimum Gasteiger partial charge on any atom is -0.395 e. The predicted molar refractivity (Wildman–Crippen MR) is 92.8 cm³/mol. The summed E-state index contributed by atoms with van der Waals surface area (Å²) < 4.78 is 0. The van der Waals surface area contributed by atoms with Gasteiger partial charge in [-0.15, -0.1) is 0 Å². The number of aliphatic hydroxyl groups is 1. The van der Waals surface area contributed by atoms with E-state index in [0.29, 0.717) is 12.2 Å². The van der Waals surface area contributed by atoms with Crippen LogP contribution < -0.4 is 10.2 Å². The Bertz CT molecular complexity index is 691. The fraction of sp³-hybridized carbons (Fsp3) is 0.375. The first-order valence-corrected chi connectivity index (χ1v) is 7.81. The average molecular weight is 331 g/mol. The van der Waals surface area contributed by atoms with Crippen LogP contribution >= 0.6 is 0 Å². The lowest BCUT2D eigenvalue weighted by Gasteiger charge is -2.20. The quantitative estimate of drug-likeness (QED) is 0.565.